The van der Waals surface area contributed by atoms with Crippen LogP contribution in [0.4, 0.5) is 5.69 Å². The van der Waals surface area contributed by atoms with Crippen LogP contribution in [-0.2, 0) is 7.05 Å². The molecule has 0 atom stereocenters. The van der Waals surface area contributed by atoms with Crippen molar-refractivity contribution in [1.82, 2.24) is 9.55 Å². The normalized spacial score (nSPS) is 15.1. The maximum atomic E-state index is 11.8. The highest BCUT2D eigenvalue weighted by molar-refractivity contribution is 5.81. The van der Waals surface area contributed by atoms with E-state index in [1.165, 1.54) is 17.4 Å². The van der Waals surface area contributed by atoms with E-state index in [1.807, 2.05) is 18.2 Å². The molecule has 0 aliphatic heterocycles. The van der Waals surface area contributed by atoms with Crippen molar-refractivity contribution in [2.75, 3.05) is 11.9 Å². The highest BCUT2D eigenvalue weighted by atomic mass is 16.1. The van der Waals surface area contributed by atoms with Gasteiger partial charge in [-0.25, -0.2) is 4.98 Å². The Kier molecular flexibility index (Phi) is 2.35. The van der Waals surface area contributed by atoms with Gasteiger partial charge in [0.2, 0.25) is 0 Å². The topological polar surface area (TPSA) is 46.9 Å². The first-order chi connectivity index (χ1) is 8.24. The monoisotopic (exact) mass is 229 g/mol. The first-order valence-electron chi connectivity index (χ1n) is 5.93. The van der Waals surface area contributed by atoms with Crippen molar-refractivity contribution in [3.05, 3.63) is 34.9 Å². The van der Waals surface area contributed by atoms with Gasteiger partial charge < -0.3 is 9.88 Å². The van der Waals surface area contributed by atoms with E-state index in [9.17, 15) is 4.79 Å². The molecule has 0 spiro atoms. The molecule has 0 unspecified atom stereocenters. The molecule has 4 nitrogen and oxygen atoms in total. The van der Waals surface area contributed by atoms with Crippen LogP contribution in [-0.4, -0.2) is 16.1 Å². The van der Waals surface area contributed by atoms with Gasteiger partial charge in [-0.1, -0.05) is 0 Å². The predicted molar refractivity (Wildman–Crippen MR) is 68.2 cm³/mol. The van der Waals surface area contributed by atoms with Crippen molar-refractivity contribution < 1.29 is 0 Å². The number of benzene rings is 1. The summed E-state index contributed by atoms with van der Waals surface area (Å²) in [6.45, 7) is 1.02. The molecule has 3 rings (SSSR count). The fourth-order valence-electron chi connectivity index (χ4n) is 1.90. The second kappa shape index (κ2) is 3.87. The quantitative estimate of drug-likeness (QED) is 0.872. The Labute approximate surface area is 99.3 Å². The zero-order valence-corrected chi connectivity index (χ0v) is 9.81. The zero-order valence-electron chi connectivity index (χ0n) is 9.81. The van der Waals surface area contributed by atoms with Gasteiger partial charge >= 0.3 is 0 Å². The maximum absolute atomic E-state index is 11.8. The number of fused-ring (bicyclic) bond motifs is 1. The Hall–Kier alpha value is -1.84. The summed E-state index contributed by atoms with van der Waals surface area (Å²) in [5.41, 5.74) is 1.81. The summed E-state index contributed by atoms with van der Waals surface area (Å²) in [5.74, 6) is 0.835. The third kappa shape index (κ3) is 2.02. The van der Waals surface area contributed by atoms with Crippen LogP contribution in [0.1, 0.15) is 12.8 Å². The van der Waals surface area contributed by atoms with E-state index in [1.54, 1.807) is 13.4 Å². The molecular weight excluding hydrogens is 214 g/mol. The van der Waals surface area contributed by atoms with Crippen LogP contribution in [0.5, 0.6) is 0 Å². The summed E-state index contributed by atoms with van der Waals surface area (Å²) in [4.78, 5) is 16.1. The molecule has 0 amide bonds. The largest absolute Gasteiger partial charge is 0.385 e. The van der Waals surface area contributed by atoms with Gasteiger partial charge in [-0.15, -0.1) is 0 Å². The number of hydrogen-bond acceptors (Lipinski definition) is 3. The minimum Gasteiger partial charge on any atom is -0.385 e. The highest BCUT2D eigenvalue weighted by Gasteiger charge is 2.20. The Morgan fingerprint density at radius 3 is 3.06 bits per heavy atom. The molecule has 1 fully saturated rings. The number of nitrogens with zero attached hydrogens (tertiary/aromatic N) is 2. The summed E-state index contributed by atoms with van der Waals surface area (Å²) in [6, 6.07) is 5.74. The first kappa shape index (κ1) is 10.3. The van der Waals surface area contributed by atoms with E-state index in [4.69, 9.17) is 0 Å². The molecule has 4 heteroatoms. The molecule has 1 saturated carbocycles. The molecule has 1 aliphatic rings. The lowest BCUT2D eigenvalue weighted by Crippen LogP contribution is -2.16. The zero-order chi connectivity index (χ0) is 11.8. The number of aryl methyl sites for hydroxylation is 1. The predicted octanol–water partition coefficient (Wildman–Crippen LogP) is 1.76. The number of anilines is 1. The summed E-state index contributed by atoms with van der Waals surface area (Å²) in [7, 11) is 1.72. The van der Waals surface area contributed by atoms with Crippen molar-refractivity contribution >= 4 is 16.6 Å². The third-order valence-electron chi connectivity index (χ3n) is 3.21. The summed E-state index contributed by atoms with van der Waals surface area (Å²) >= 11 is 0. The lowest BCUT2D eigenvalue weighted by atomic mass is 10.2. The smallest absolute Gasteiger partial charge is 0.260 e. The van der Waals surface area contributed by atoms with Crippen molar-refractivity contribution in [1.29, 1.82) is 0 Å². The SMILES string of the molecule is Cn1cnc2cc(NCC3CC3)ccc2c1=O. The fourth-order valence-corrected chi connectivity index (χ4v) is 1.90. The molecular formula is C13H15N3O. The molecule has 0 saturated heterocycles. The Balaban J connectivity index is 1.95. The minimum absolute atomic E-state index is 0.00347. The number of nitrogens with one attached hydrogen (secondary N) is 1. The lowest BCUT2D eigenvalue weighted by Gasteiger charge is -2.06. The molecule has 1 N–H and O–H groups in total. The molecule has 1 heterocycles. The van der Waals surface area contributed by atoms with E-state index < -0.39 is 0 Å². The van der Waals surface area contributed by atoms with Crippen molar-refractivity contribution in [3.8, 4) is 0 Å². The Bertz CT molecular complexity index is 614. The average molecular weight is 229 g/mol. The van der Waals surface area contributed by atoms with Crippen LogP contribution in [0.15, 0.2) is 29.3 Å². The van der Waals surface area contributed by atoms with Gasteiger partial charge in [0.25, 0.3) is 5.56 Å². The standard InChI is InChI=1S/C13H15N3O/c1-16-8-15-12-6-10(14-7-9-2-3-9)4-5-11(12)13(16)17/h4-6,8-9,14H,2-3,7H2,1H3. The molecule has 17 heavy (non-hydrogen) atoms. The lowest BCUT2D eigenvalue weighted by molar-refractivity contribution is 0.842. The van der Waals surface area contributed by atoms with Gasteiger partial charge in [-0.2, -0.15) is 0 Å². The number of hydrogen-bond donors (Lipinski definition) is 1. The molecule has 1 aliphatic carbocycles. The van der Waals surface area contributed by atoms with Gasteiger partial charge in [0.15, 0.2) is 0 Å². The average Bonchev–Trinajstić information content (AvgIpc) is 3.15. The molecule has 0 radical (unpaired) electrons. The Morgan fingerprint density at radius 1 is 1.47 bits per heavy atom. The summed E-state index contributed by atoms with van der Waals surface area (Å²) < 4.78 is 1.50. The van der Waals surface area contributed by atoms with Gasteiger partial charge in [0.05, 0.1) is 17.2 Å². The number of aromatic nitrogens is 2. The molecule has 1 aromatic carbocycles. The Morgan fingerprint density at radius 2 is 2.29 bits per heavy atom. The van der Waals surface area contributed by atoms with Gasteiger partial charge in [-0.05, 0) is 37.0 Å². The minimum atomic E-state index is 0.00347. The van der Waals surface area contributed by atoms with Crippen LogP contribution in [0.3, 0.4) is 0 Å². The third-order valence-corrected chi connectivity index (χ3v) is 3.21. The van der Waals surface area contributed by atoms with Crippen molar-refractivity contribution in [2.45, 2.75) is 12.8 Å². The second-order valence-corrected chi connectivity index (χ2v) is 4.72. The summed E-state index contributed by atoms with van der Waals surface area (Å²) in [6.07, 6.45) is 4.23. The maximum Gasteiger partial charge on any atom is 0.260 e. The highest BCUT2D eigenvalue weighted by Crippen LogP contribution is 2.29. The van der Waals surface area contributed by atoms with Crippen LogP contribution >= 0.6 is 0 Å². The van der Waals surface area contributed by atoms with Gasteiger partial charge in [0.1, 0.15) is 0 Å². The van der Waals surface area contributed by atoms with E-state index >= 15 is 0 Å². The van der Waals surface area contributed by atoms with Gasteiger partial charge in [0, 0.05) is 19.3 Å². The number of rotatable bonds is 3. The van der Waals surface area contributed by atoms with E-state index in [-0.39, 0.29) is 5.56 Å². The molecule has 2 aromatic rings. The van der Waals surface area contributed by atoms with E-state index in [0.717, 1.165) is 23.7 Å². The summed E-state index contributed by atoms with van der Waals surface area (Å²) in [5, 5.41) is 4.06. The van der Waals surface area contributed by atoms with Crippen LogP contribution in [0, 0.1) is 5.92 Å². The second-order valence-electron chi connectivity index (χ2n) is 4.72. The van der Waals surface area contributed by atoms with Crippen LogP contribution < -0.4 is 10.9 Å². The van der Waals surface area contributed by atoms with E-state index in [2.05, 4.69) is 10.3 Å². The van der Waals surface area contributed by atoms with E-state index in [0.29, 0.717) is 5.39 Å². The molecule has 88 valence electrons. The van der Waals surface area contributed by atoms with Crippen molar-refractivity contribution in [2.24, 2.45) is 13.0 Å². The molecule has 1 aromatic heterocycles. The fraction of sp³-hybridized carbons (Fsp3) is 0.385. The molecule has 0 bridgehead atoms. The van der Waals surface area contributed by atoms with Crippen LogP contribution in [0.25, 0.3) is 10.9 Å². The van der Waals surface area contributed by atoms with Gasteiger partial charge in [-0.3, -0.25) is 4.79 Å². The first-order valence-corrected chi connectivity index (χ1v) is 5.93. The van der Waals surface area contributed by atoms with Crippen LogP contribution in [0.2, 0.25) is 0 Å². The van der Waals surface area contributed by atoms with Crippen molar-refractivity contribution in [3.63, 3.8) is 0 Å².